The molecule has 158 valence electrons. The molecule has 3 aromatic carbocycles. The summed E-state index contributed by atoms with van der Waals surface area (Å²) >= 11 is 0. The molecule has 0 bridgehead atoms. The highest BCUT2D eigenvalue weighted by Crippen LogP contribution is 2.30. The zero-order chi connectivity index (χ0) is 21.6. The number of halogens is 1. The van der Waals surface area contributed by atoms with Crippen LogP contribution in [0.1, 0.15) is 11.1 Å². The maximum atomic E-state index is 13.0. The van der Waals surface area contributed by atoms with Crippen molar-refractivity contribution in [1.82, 2.24) is 5.32 Å². The maximum absolute atomic E-state index is 13.0. The lowest BCUT2D eigenvalue weighted by molar-refractivity contribution is -0.126. The Balaban J connectivity index is 1.35. The molecule has 1 aliphatic heterocycles. The predicted molar refractivity (Wildman–Crippen MR) is 116 cm³/mol. The van der Waals surface area contributed by atoms with Crippen LogP contribution in [0.3, 0.4) is 0 Å². The summed E-state index contributed by atoms with van der Waals surface area (Å²) in [7, 11) is 0. The van der Waals surface area contributed by atoms with E-state index in [1.807, 2.05) is 24.3 Å². The molecule has 31 heavy (non-hydrogen) atoms. The molecule has 6 nitrogen and oxygen atoms in total. The summed E-state index contributed by atoms with van der Waals surface area (Å²) in [6.07, 6.45) is 0.500. The molecule has 1 aliphatic rings. The first-order valence-electron chi connectivity index (χ1n) is 9.98. The van der Waals surface area contributed by atoms with Crippen LogP contribution < -0.4 is 20.7 Å². The van der Waals surface area contributed by atoms with Gasteiger partial charge in [0.1, 0.15) is 18.2 Å². The van der Waals surface area contributed by atoms with Crippen molar-refractivity contribution in [2.24, 2.45) is 5.92 Å². The minimum absolute atomic E-state index is 0.129. The van der Waals surface area contributed by atoms with E-state index in [1.54, 1.807) is 36.4 Å². The fraction of sp³-hybridized carbons (Fsp3) is 0.167. The number of fused-ring (bicyclic) bond motifs is 1. The summed E-state index contributed by atoms with van der Waals surface area (Å²) in [5.74, 6) is -0.0812. The summed E-state index contributed by atoms with van der Waals surface area (Å²) in [4.78, 5) is 24.8. The lowest BCUT2D eigenvalue weighted by Crippen LogP contribution is -2.37. The van der Waals surface area contributed by atoms with Gasteiger partial charge in [0.05, 0.1) is 5.92 Å². The molecule has 4 rings (SSSR count). The van der Waals surface area contributed by atoms with Gasteiger partial charge in [-0.1, -0.05) is 30.3 Å². The molecule has 3 N–H and O–H groups in total. The van der Waals surface area contributed by atoms with Crippen LogP contribution in [0.15, 0.2) is 72.8 Å². The third kappa shape index (κ3) is 5.39. The zero-order valence-corrected chi connectivity index (χ0v) is 16.7. The van der Waals surface area contributed by atoms with E-state index in [4.69, 9.17) is 4.74 Å². The Morgan fingerprint density at radius 1 is 0.935 bits per heavy atom. The van der Waals surface area contributed by atoms with E-state index in [0.29, 0.717) is 30.1 Å². The van der Waals surface area contributed by atoms with Gasteiger partial charge in [0.25, 0.3) is 0 Å². The normalized spacial score (nSPS) is 14.7. The van der Waals surface area contributed by atoms with Crippen LogP contribution in [0.4, 0.5) is 20.6 Å². The molecule has 7 heteroatoms. The number of hydrogen-bond acceptors (Lipinski definition) is 3. The summed E-state index contributed by atoms with van der Waals surface area (Å²) in [6.45, 7) is 0.604. The van der Waals surface area contributed by atoms with Crippen molar-refractivity contribution in [3.63, 3.8) is 0 Å². The highest BCUT2D eigenvalue weighted by molar-refractivity contribution is 5.99. The molecule has 0 fully saturated rings. The van der Waals surface area contributed by atoms with E-state index in [2.05, 4.69) is 16.0 Å². The lowest BCUT2D eigenvalue weighted by Gasteiger charge is -2.25. The third-order valence-electron chi connectivity index (χ3n) is 5.01. The van der Waals surface area contributed by atoms with Gasteiger partial charge in [0.2, 0.25) is 5.91 Å². The average molecular weight is 419 g/mol. The summed E-state index contributed by atoms with van der Waals surface area (Å²) in [5, 5.41) is 8.44. The van der Waals surface area contributed by atoms with Crippen LogP contribution in [-0.4, -0.2) is 18.5 Å². The van der Waals surface area contributed by atoms with Gasteiger partial charge in [-0.3, -0.25) is 4.79 Å². The van der Waals surface area contributed by atoms with E-state index in [-0.39, 0.29) is 30.3 Å². The number of ether oxygens (including phenoxy) is 1. The Bertz CT molecular complexity index is 1070. The fourth-order valence-corrected chi connectivity index (χ4v) is 3.39. The number of rotatable bonds is 5. The molecule has 0 aliphatic carbocycles. The van der Waals surface area contributed by atoms with Crippen molar-refractivity contribution >= 4 is 23.3 Å². The Kier molecular flexibility index (Phi) is 6.12. The molecular weight excluding hydrogens is 397 g/mol. The van der Waals surface area contributed by atoms with Gasteiger partial charge in [-0.25, -0.2) is 9.18 Å². The number of anilines is 2. The minimum Gasteiger partial charge on any atom is -0.492 e. The van der Waals surface area contributed by atoms with Gasteiger partial charge >= 0.3 is 6.03 Å². The van der Waals surface area contributed by atoms with Crippen molar-refractivity contribution in [2.75, 3.05) is 17.2 Å². The second-order valence-electron chi connectivity index (χ2n) is 7.32. The van der Waals surface area contributed by atoms with Crippen molar-refractivity contribution in [3.05, 3.63) is 89.7 Å². The Morgan fingerprint density at radius 2 is 1.68 bits per heavy atom. The number of hydrogen-bond donors (Lipinski definition) is 3. The first kappa shape index (κ1) is 20.4. The Morgan fingerprint density at radius 3 is 2.45 bits per heavy atom. The molecule has 0 saturated carbocycles. The quantitative estimate of drug-likeness (QED) is 0.576. The first-order chi connectivity index (χ1) is 15.1. The number of amides is 3. The molecule has 3 amide bonds. The standard InChI is InChI=1S/C24H22FN3O3/c25-19-8-6-16(7-9-19)14-26-23(29)18-12-17-13-21(10-11-22(17)31-15-18)28-24(30)27-20-4-2-1-3-5-20/h1-11,13,18H,12,14-15H2,(H,26,29)(H2,27,28,30)/t18-/m0/s1. The SMILES string of the molecule is O=C(Nc1ccccc1)Nc1ccc2c(c1)C[C@H](C(=O)NCc1ccc(F)cc1)CO2. The molecule has 0 spiro atoms. The number of para-hydroxylation sites is 1. The minimum atomic E-state index is -0.350. The predicted octanol–water partition coefficient (Wildman–Crippen LogP) is 4.34. The number of carbonyl (C=O) groups excluding carboxylic acids is 2. The van der Waals surface area contributed by atoms with Crippen molar-refractivity contribution < 1.29 is 18.7 Å². The molecule has 1 heterocycles. The molecule has 0 unspecified atom stereocenters. The topological polar surface area (TPSA) is 79.5 Å². The number of benzene rings is 3. The zero-order valence-electron chi connectivity index (χ0n) is 16.7. The van der Waals surface area contributed by atoms with E-state index in [9.17, 15) is 14.0 Å². The summed E-state index contributed by atoms with van der Waals surface area (Å²) < 4.78 is 18.7. The highest BCUT2D eigenvalue weighted by Gasteiger charge is 2.26. The first-order valence-corrected chi connectivity index (χ1v) is 9.98. The highest BCUT2D eigenvalue weighted by atomic mass is 19.1. The van der Waals surface area contributed by atoms with Gasteiger partial charge in [-0.05, 0) is 60.0 Å². The van der Waals surface area contributed by atoms with Crippen LogP contribution in [0.25, 0.3) is 0 Å². The van der Waals surface area contributed by atoms with Gasteiger partial charge in [-0.15, -0.1) is 0 Å². The van der Waals surface area contributed by atoms with Crippen molar-refractivity contribution in [3.8, 4) is 5.75 Å². The average Bonchev–Trinajstić information content (AvgIpc) is 2.78. The van der Waals surface area contributed by atoms with E-state index in [1.165, 1.54) is 12.1 Å². The fourth-order valence-electron chi connectivity index (χ4n) is 3.39. The molecule has 0 radical (unpaired) electrons. The third-order valence-corrected chi connectivity index (χ3v) is 5.01. The number of urea groups is 1. The molecule has 3 aromatic rings. The second-order valence-corrected chi connectivity index (χ2v) is 7.32. The van der Waals surface area contributed by atoms with Gasteiger partial charge in [0.15, 0.2) is 0 Å². The molecule has 1 atom stereocenters. The molecule has 0 aromatic heterocycles. The van der Waals surface area contributed by atoms with Gasteiger partial charge in [0, 0.05) is 17.9 Å². The maximum Gasteiger partial charge on any atom is 0.323 e. The van der Waals surface area contributed by atoms with Crippen LogP contribution in [0.2, 0.25) is 0 Å². The van der Waals surface area contributed by atoms with Crippen LogP contribution in [0.5, 0.6) is 5.75 Å². The number of nitrogens with one attached hydrogen (secondary N) is 3. The van der Waals surface area contributed by atoms with Crippen LogP contribution in [0, 0.1) is 11.7 Å². The van der Waals surface area contributed by atoms with Gasteiger partial charge in [-0.2, -0.15) is 0 Å². The molecule has 0 saturated heterocycles. The largest absolute Gasteiger partial charge is 0.492 e. The van der Waals surface area contributed by atoms with E-state index in [0.717, 1.165) is 11.1 Å². The Hall–Kier alpha value is -3.87. The smallest absolute Gasteiger partial charge is 0.323 e. The van der Waals surface area contributed by atoms with Crippen molar-refractivity contribution in [1.29, 1.82) is 0 Å². The van der Waals surface area contributed by atoms with Crippen LogP contribution in [-0.2, 0) is 17.8 Å². The van der Waals surface area contributed by atoms with E-state index < -0.39 is 0 Å². The monoisotopic (exact) mass is 419 g/mol. The van der Waals surface area contributed by atoms with Gasteiger partial charge < -0.3 is 20.7 Å². The second kappa shape index (κ2) is 9.30. The molecular formula is C24H22FN3O3. The van der Waals surface area contributed by atoms with Crippen LogP contribution >= 0.6 is 0 Å². The lowest BCUT2D eigenvalue weighted by atomic mass is 9.95. The summed E-state index contributed by atoms with van der Waals surface area (Å²) in [5.41, 5.74) is 2.98. The number of carbonyl (C=O) groups is 2. The van der Waals surface area contributed by atoms with E-state index >= 15 is 0 Å². The van der Waals surface area contributed by atoms with Crippen molar-refractivity contribution in [2.45, 2.75) is 13.0 Å². The Labute approximate surface area is 179 Å². The summed E-state index contributed by atoms with van der Waals surface area (Å²) in [6, 6.07) is 20.2.